The summed E-state index contributed by atoms with van der Waals surface area (Å²) in [5.74, 6) is 0.197. The monoisotopic (exact) mass is 263 g/mol. The van der Waals surface area contributed by atoms with Gasteiger partial charge in [-0.15, -0.1) is 0 Å². The van der Waals surface area contributed by atoms with Crippen LogP contribution in [-0.4, -0.2) is 23.7 Å². The lowest BCUT2D eigenvalue weighted by atomic mass is 10.1. The Hall–Kier alpha value is -1.55. The summed E-state index contributed by atoms with van der Waals surface area (Å²) in [5, 5.41) is 12.3. The van der Waals surface area contributed by atoms with E-state index in [0.29, 0.717) is 13.0 Å². The smallest absolute Gasteiger partial charge is 0.320 e. The van der Waals surface area contributed by atoms with E-state index in [0.717, 1.165) is 37.2 Å². The SMILES string of the molecule is CCCC[C@H](NCc1ccc2c(c1)CCO2)C(=O)O. The van der Waals surface area contributed by atoms with E-state index < -0.39 is 12.0 Å². The first kappa shape index (κ1) is 13.9. The fourth-order valence-corrected chi connectivity index (χ4v) is 2.31. The van der Waals surface area contributed by atoms with E-state index in [-0.39, 0.29) is 0 Å². The normalized spacial score (nSPS) is 14.8. The van der Waals surface area contributed by atoms with Gasteiger partial charge in [-0.25, -0.2) is 0 Å². The van der Waals surface area contributed by atoms with Crippen molar-refractivity contribution in [2.24, 2.45) is 0 Å². The standard InChI is InChI=1S/C15H21NO3/c1-2-3-4-13(15(17)18)16-10-11-5-6-14-12(9-11)7-8-19-14/h5-6,9,13,16H,2-4,7-8,10H2,1H3,(H,17,18)/t13-/m0/s1. The predicted molar refractivity (Wildman–Crippen MR) is 73.4 cm³/mol. The maximum atomic E-state index is 11.1. The number of carbonyl (C=O) groups is 1. The van der Waals surface area contributed by atoms with Crippen LogP contribution < -0.4 is 10.1 Å². The van der Waals surface area contributed by atoms with E-state index in [1.165, 1.54) is 5.56 Å². The van der Waals surface area contributed by atoms with Gasteiger partial charge in [0.15, 0.2) is 0 Å². The van der Waals surface area contributed by atoms with Crippen LogP contribution in [0.3, 0.4) is 0 Å². The average molecular weight is 263 g/mol. The van der Waals surface area contributed by atoms with Crippen molar-refractivity contribution >= 4 is 5.97 Å². The molecule has 0 unspecified atom stereocenters. The molecule has 2 rings (SSSR count). The molecule has 0 aliphatic carbocycles. The zero-order valence-electron chi connectivity index (χ0n) is 11.3. The lowest BCUT2D eigenvalue weighted by Crippen LogP contribution is -2.36. The van der Waals surface area contributed by atoms with Crippen LogP contribution in [0.2, 0.25) is 0 Å². The molecule has 1 aliphatic heterocycles. The van der Waals surface area contributed by atoms with Gasteiger partial charge in [-0.05, 0) is 23.6 Å². The Kier molecular flexibility index (Phi) is 4.80. The average Bonchev–Trinajstić information content (AvgIpc) is 2.85. The van der Waals surface area contributed by atoms with Gasteiger partial charge in [-0.3, -0.25) is 4.79 Å². The number of unbranched alkanes of at least 4 members (excludes halogenated alkanes) is 1. The van der Waals surface area contributed by atoms with E-state index in [2.05, 4.69) is 18.3 Å². The van der Waals surface area contributed by atoms with Crippen molar-refractivity contribution < 1.29 is 14.6 Å². The molecule has 104 valence electrons. The number of fused-ring (bicyclic) bond motifs is 1. The fourth-order valence-electron chi connectivity index (χ4n) is 2.31. The number of hydrogen-bond donors (Lipinski definition) is 2. The first-order chi connectivity index (χ1) is 9.20. The lowest BCUT2D eigenvalue weighted by molar-refractivity contribution is -0.139. The molecule has 0 spiro atoms. The van der Waals surface area contributed by atoms with E-state index >= 15 is 0 Å². The molecule has 1 aliphatic rings. The summed E-state index contributed by atoms with van der Waals surface area (Å²) in [4.78, 5) is 11.1. The first-order valence-corrected chi connectivity index (χ1v) is 6.91. The zero-order valence-corrected chi connectivity index (χ0v) is 11.3. The van der Waals surface area contributed by atoms with Crippen LogP contribution in [0.4, 0.5) is 0 Å². The molecule has 0 aromatic heterocycles. The second-order valence-electron chi connectivity index (χ2n) is 4.95. The first-order valence-electron chi connectivity index (χ1n) is 6.91. The number of nitrogens with one attached hydrogen (secondary N) is 1. The van der Waals surface area contributed by atoms with E-state index in [4.69, 9.17) is 9.84 Å². The second kappa shape index (κ2) is 6.57. The van der Waals surface area contributed by atoms with Crippen molar-refractivity contribution in [2.45, 2.75) is 45.2 Å². The molecule has 19 heavy (non-hydrogen) atoms. The third-order valence-electron chi connectivity index (χ3n) is 3.45. The van der Waals surface area contributed by atoms with Crippen LogP contribution >= 0.6 is 0 Å². The number of benzene rings is 1. The molecular weight excluding hydrogens is 242 g/mol. The maximum Gasteiger partial charge on any atom is 0.320 e. The van der Waals surface area contributed by atoms with E-state index in [9.17, 15) is 4.79 Å². The van der Waals surface area contributed by atoms with Gasteiger partial charge in [0.05, 0.1) is 6.61 Å². The molecule has 0 radical (unpaired) electrons. The van der Waals surface area contributed by atoms with Crippen LogP contribution in [-0.2, 0) is 17.8 Å². The third-order valence-corrected chi connectivity index (χ3v) is 3.45. The van der Waals surface area contributed by atoms with Crippen molar-refractivity contribution in [3.05, 3.63) is 29.3 Å². The van der Waals surface area contributed by atoms with Crippen molar-refractivity contribution in [1.29, 1.82) is 0 Å². The van der Waals surface area contributed by atoms with Crippen molar-refractivity contribution in [1.82, 2.24) is 5.32 Å². The highest BCUT2D eigenvalue weighted by atomic mass is 16.5. The summed E-state index contributed by atoms with van der Waals surface area (Å²) < 4.78 is 5.46. The molecule has 0 fully saturated rings. The Morgan fingerprint density at radius 2 is 2.37 bits per heavy atom. The lowest BCUT2D eigenvalue weighted by Gasteiger charge is -2.14. The minimum absolute atomic E-state index is 0.454. The number of ether oxygens (including phenoxy) is 1. The number of aliphatic carboxylic acids is 1. The molecule has 2 N–H and O–H groups in total. The highest BCUT2D eigenvalue weighted by Gasteiger charge is 2.17. The summed E-state index contributed by atoms with van der Waals surface area (Å²) in [6, 6.07) is 5.62. The molecule has 0 saturated carbocycles. The Morgan fingerprint density at radius 1 is 1.53 bits per heavy atom. The molecular formula is C15H21NO3. The quantitative estimate of drug-likeness (QED) is 0.793. The van der Waals surface area contributed by atoms with Crippen LogP contribution in [0.5, 0.6) is 5.75 Å². The van der Waals surface area contributed by atoms with Crippen LogP contribution in [0.25, 0.3) is 0 Å². The highest BCUT2D eigenvalue weighted by molar-refractivity contribution is 5.73. The summed E-state index contributed by atoms with van der Waals surface area (Å²) in [5.41, 5.74) is 2.34. The van der Waals surface area contributed by atoms with E-state index in [1.54, 1.807) is 0 Å². The van der Waals surface area contributed by atoms with Gasteiger partial charge in [0, 0.05) is 13.0 Å². The Labute approximate surface area is 113 Å². The molecule has 0 saturated heterocycles. The molecule has 1 atom stereocenters. The van der Waals surface area contributed by atoms with Gasteiger partial charge in [0.25, 0.3) is 0 Å². The zero-order chi connectivity index (χ0) is 13.7. The highest BCUT2D eigenvalue weighted by Crippen LogP contribution is 2.25. The van der Waals surface area contributed by atoms with Crippen LogP contribution in [0.15, 0.2) is 18.2 Å². The van der Waals surface area contributed by atoms with Gasteiger partial charge in [-0.2, -0.15) is 0 Å². The minimum Gasteiger partial charge on any atom is -0.493 e. The molecule has 4 heteroatoms. The number of carboxylic acid groups (broad SMARTS) is 1. The van der Waals surface area contributed by atoms with Gasteiger partial charge < -0.3 is 15.2 Å². The van der Waals surface area contributed by atoms with Crippen molar-refractivity contribution in [3.63, 3.8) is 0 Å². The molecule has 1 aromatic carbocycles. The van der Waals surface area contributed by atoms with Gasteiger partial charge in [0.1, 0.15) is 11.8 Å². The van der Waals surface area contributed by atoms with Crippen molar-refractivity contribution in [2.75, 3.05) is 6.61 Å². The summed E-state index contributed by atoms with van der Waals surface area (Å²) in [6.07, 6.45) is 3.57. The molecule has 0 bridgehead atoms. The Morgan fingerprint density at radius 3 is 3.11 bits per heavy atom. The van der Waals surface area contributed by atoms with Crippen molar-refractivity contribution in [3.8, 4) is 5.75 Å². The Balaban J connectivity index is 1.91. The second-order valence-corrected chi connectivity index (χ2v) is 4.95. The molecule has 1 aromatic rings. The van der Waals surface area contributed by atoms with Crippen LogP contribution in [0.1, 0.15) is 37.3 Å². The Bertz CT molecular complexity index is 445. The molecule has 0 amide bonds. The van der Waals surface area contributed by atoms with Gasteiger partial charge in [0.2, 0.25) is 0 Å². The summed E-state index contributed by atoms with van der Waals surface area (Å²) >= 11 is 0. The number of carboxylic acids is 1. The number of hydrogen-bond acceptors (Lipinski definition) is 3. The molecule has 1 heterocycles. The predicted octanol–water partition coefficient (Wildman–Crippen LogP) is 2.35. The minimum atomic E-state index is -0.766. The topological polar surface area (TPSA) is 58.6 Å². The molecule has 4 nitrogen and oxygen atoms in total. The summed E-state index contributed by atoms with van der Waals surface area (Å²) in [6.45, 7) is 3.41. The fraction of sp³-hybridized carbons (Fsp3) is 0.533. The third kappa shape index (κ3) is 3.70. The van der Waals surface area contributed by atoms with Gasteiger partial charge >= 0.3 is 5.97 Å². The van der Waals surface area contributed by atoms with Crippen LogP contribution in [0, 0.1) is 0 Å². The number of rotatable bonds is 7. The largest absolute Gasteiger partial charge is 0.493 e. The summed E-state index contributed by atoms with van der Waals surface area (Å²) in [7, 11) is 0. The van der Waals surface area contributed by atoms with Gasteiger partial charge in [-0.1, -0.05) is 31.9 Å². The maximum absolute atomic E-state index is 11.1. The van der Waals surface area contributed by atoms with E-state index in [1.807, 2.05) is 12.1 Å².